The number of methoxy groups -OCH3 is 1. The Morgan fingerprint density at radius 2 is 2.07 bits per heavy atom. The van der Waals surface area contributed by atoms with Crippen LogP contribution in [0.2, 0.25) is 5.02 Å². The SMILES string of the molecule is CO/C(N)=C/c1ccc(-c2ncc(Cl)cc2/C(C=NCCC(C)C)=C/N)cc1N. The zero-order valence-corrected chi connectivity index (χ0v) is 17.8. The first-order chi connectivity index (χ1) is 13.8. The van der Waals surface area contributed by atoms with Gasteiger partial charge in [-0.2, -0.15) is 0 Å². The predicted molar refractivity (Wildman–Crippen MR) is 123 cm³/mol. The Morgan fingerprint density at radius 1 is 1.31 bits per heavy atom. The van der Waals surface area contributed by atoms with Gasteiger partial charge in [-0.05, 0) is 24.5 Å². The van der Waals surface area contributed by atoms with Gasteiger partial charge in [0.05, 0.1) is 17.8 Å². The average molecular weight is 414 g/mol. The highest BCUT2D eigenvalue weighted by molar-refractivity contribution is 6.31. The highest BCUT2D eigenvalue weighted by atomic mass is 35.5. The molecule has 0 aliphatic rings. The minimum absolute atomic E-state index is 0.278. The molecule has 0 atom stereocenters. The number of aliphatic imine (C=N–C) groups is 1. The average Bonchev–Trinajstić information content (AvgIpc) is 2.69. The zero-order chi connectivity index (χ0) is 21.4. The molecular weight excluding hydrogens is 386 g/mol. The number of anilines is 1. The lowest BCUT2D eigenvalue weighted by Gasteiger charge is -2.12. The van der Waals surface area contributed by atoms with E-state index in [-0.39, 0.29) is 5.88 Å². The number of nitrogen functional groups attached to an aromatic ring is 1. The van der Waals surface area contributed by atoms with Crippen molar-refractivity contribution in [3.63, 3.8) is 0 Å². The lowest BCUT2D eigenvalue weighted by atomic mass is 9.98. The maximum absolute atomic E-state index is 6.20. The van der Waals surface area contributed by atoms with Crippen LogP contribution in [0, 0.1) is 5.92 Å². The summed E-state index contributed by atoms with van der Waals surface area (Å²) in [5.74, 6) is 0.865. The first-order valence-electron chi connectivity index (χ1n) is 9.34. The molecule has 0 radical (unpaired) electrons. The van der Waals surface area contributed by atoms with Crippen LogP contribution in [-0.2, 0) is 4.74 Å². The molecule has 1 aromatic heterocycles. The van der Waals surface area contributed by atoms with Crippen molar-refractivity contribution >= 4 is 35.2 Å². The number of allylic oxidation sites excluding steroid dienone is 1. The van der Waals surface area contributed by atoms with Crippen molar-refractivity contribution in [1.82, 2.24) is 4.98 Å². The number of nitrogens with zero attached hydrogens (tertiary/aromatic N) is 2. The molecule has 0 unspecified atom stereocenters. The number of nitrogens with two attached hydrogens (primary N) is 3. The summed E-state index contributed by atoms with van der Waals surface area (Å²) in [6, 6.07) is 7.43. The summed E-state index contributed by atoms with van der Waals surface area (Å²) < 4.78 is 4.98. The third-order valence-corrected chi connectivity index (χ3v) is 4.51. The molecule has 0 aliphatic carbocycles. The number of aromatic nitrogens is 1. The van der Waals surface area contributed by atoms with Gasteiger partial charge in [0.1, 0.15) is 0 Å². The Bertz CT molecular complexity index is 935. The van der Waals surface area contributed by atoms with E-state index in [1.54, 1.807) is 18.5 Å². The Labute approximate surface area is 177 Å². The van der Waals surface area contributed by atoms with Crippen LogP contribution < -0.4 is 17.2 Å². The third-order valence-electron chi connectivity index (χ3n) is 4.30. The highest BCUT2D eigenvalue weighted by Crippen LogP contribution is 2.31. The molecule has 6 nitrogen and oxygen atoms in total. The number of benzene rings is 1. The minimum atomic E-state index is 0.278. The minimum Gasteiger partial charge on any atom is -0.483 e. The molecule has 7 heteroatoms. The van der Waals surface area contributed by atoms with Crippen LogP contribution in [0.4, 0.5) is 5.69 Å². The van der Waals surface area contributed by atoms with Gasteiger partial charge < -0.3 is 21.9 Å². The molecule has 154 valence electrons. The summed E-state index contributed by atoms with van der Waals surface area (Å²) in [6.45, 7) is 5.06. The second-order valence-corrected chi connectivity index (χ2v) is 7.42. The van der Waals surface area contributed by atoms with Crippen LogP contribution in [-0.4, -0.2) is 24.9 Å². The van der Waals surface area contributed by atoms with E-state index in [0.29, 0.717) is 22.3 Å². The van der Waals surface area contributed by atoms with Gasteiger partial charge in [-0.25, -0.2) is 0 Å². The molecule has 0 aliphatic heterocycles. The number of ether oxygens (including phenoxy) is 1. The quantitative estimate of drug-likeness (QED) is 0.339. The number of rotatable bonds is 8. The Kier molecular flexibility index (Phi) is 8.09. The van der Waals surface area contributed by atoms with Crippen molar-refractivity contribution in [2.24, 2.45) is 22.4 Å². The smallest absolute Gasteiger partial charge is 0.184 e. The van der Waals surface area contributed by atoms with E-state index in [0.717, 1.165) is 35.2 Å². The van der Waals surface area contributed by atoms with E-state index < -0.39 is 0 Å². The molecule has 1 heterocycles. The summed E-state index contributed by atoms with van der Waals surface area (Å²) in [6.07, 6.45) is 7.54. The van der Waals surface area contributed by atoms with E-state index in [2.05, 4.69) is 23.8 Å². The molecule has 0 saturated carbocycles. The number of halogens is 1. The van der Waals surface area contributed by atoms with E-state index >= 15 is 0 Å². The molecule has 2 rings (SSSR count). The maximum atomic E-state index is 6.20. The Morgan fingerprint density at radius 3 is 2.69 bits per heavy atom. The van der Waals surface area contributed by atoms with Crippen LogP contribution >= 0.6 is 11.6 Å². The highest BCUT2D eigenvalue weighted by Gasteiger charge is 2.12. The first kappa shape index (κ1) is 22.3. The van der Waals surface area contributed by atoms with Gasteiger partial charge in [0.15, 0.2) is 5.88 Å². The van der Waals surface area contributed by atoms with Crippen molar-refractivity contribution in [3.05, 3.63) is 58.7 Å². The fourth-order valence-electron chi connectivity index (χ4n) is 2.65. The molecule has 0 fully saturated rings. The number of hydrogen-bond donors (Lipinski definition) is 3. The van der Waals surface area contributed by atoms with Crippen LogP contribution in [0.3, 0.4) is 0 Å². The second kappa shape index (κ2) is 10.5. The van der Waals surface area contributed by atoms with E-state index in [4.69, 9.17) is 33.5 Å². The summed E-state index contributed by atoms with van der Waals surface area (Å²) >= 11 is 6.20. The van der Waals surface area contributed by atoms with Gasteiger partial charge >= 0.3 is 0 Å². The van der Waals surface area contributed by atoms with Crippen molar-refractivity contribution in [2.45, 2.75) is 20.3 Å². The monoisotopic (exact) mass is 413 g/mol. The summed E-state index contributed by atoms with van der Waals surface area (Å²) in [5, 5.41) is 0.513. The standard InChI is InChI=1S/C22H28ClN5O/c1-14(2)6-7-27-12-17(11-24)19-10-18(23)13-28-22(19)16-5-4-15(20(25)8-16)9-21(26)29-3/h4-5,8-14H,6-7,24-26H2,1-3H3/b17-11+,21-9+,27-12?. The van der Waals surface area contributed by atoms with Gasteiger partial charge in [0.25, 0.3) is 0 Å². The second-order valence-electron chi connectivity index (χ2n) is 6.98. The topological polar surface area (TPSA) is 113 Å². The van der Waals surface area contributed by atoms with Crippen LogP contribution in [0.5, 0.6) is 0 Å². The number of hydrogen-bond acceptors (Lipinski definition) is 6. The Hall–Kier alpha value is -2.99. The van der Waals surface area contributed by atoms with Gasteiger partial charge in [-0.15, -0.1) is 0 Å². The summed E-state index contributed by atoms with van der Waals surface area (Å²) in [4.78, 5) is 9.00. The van der Waals surface area contributed by atoms with E-state index in [1.807, 2.05) is 24.3 Å². The van der Waals surface area contributed by atoms with Crippen molar-refractivity contribution < 1.29 is 4.74 Å². The number of pyridine rings is 1. The van der Waals surface area contributed by atoms with Crippen LogP contribution in [0.15, 0.2) is 47.5 Å². The van der Waals surface area contributed by atoms with Crippen molar-refractivity contribution in [1.29, 1.82) is 0 Å². The Balaban J connectivity index is 2.43. The molecule has 0 spiro atoms. The van der Waals surface area contributed by atoms with Crippen LogP contribution in [0.25, 0.3) is 22.9 Å². The fourth-order valence-corrected chi connectivity index (χ4v) is 2.81. The molecule has 0 amide bonds. The molecule has 2 aromatic rings. The van der Waals surface area contributed by atoms with Crippen molar-refractivity contribution in [3.8, 4) is 11.3 Å². The molecule has 6 N–H and O–H groups in total. The van der Waals surface area contributed by atoms with Gasteiger partial charge in [-0.1, -0.05) is 37.6 Å². The van der Waals surface area contributed by atoms with Gasteiger partial charge in [-0.3, -0.25) is 9.98 Å². The maximum Gasteiger partial charge on any atom is 0.184 e. The molecule has 29 heavy (non-hydrogen) atoms. The van der Waals surface area contributed by atoms with Gasteiger partial charge in [0.2, 0.25) is 0 Å². The lowest BCUT2D eigenvalue weighted by Crippen LogP contribution is -2.01. The van der Waals surface area contributed by atoms with E-state index in [1.165, 1.54) is 13.3 Å². The molecule has 1 aromatic carbocycles. The van der Waals surface area contributed by atoms with E-state index in [9.17, 15) is 0 Å². The summed E-state index contributed by atoms with van der Waals surface area (Å²) in [5.41, 5.74) is 22.2. The largest absolute Gasteiger partial charge is 0.483 e. The first-order valence-corrected chi connectivity index (χ1v) is 9.72. The molecule has 0 saturated heterocycles. The zero-order valence-electron chi connectivity index (χ0n) is 17.0. The normalized spacial score (nSPS) is 12.7. The molecule has 0 bridgehead atoms. The fraction of sp³-hybridized carbons (Fsp3) is 0.273. The van der Waals surface area contributed by atoms with Crippen LogP contribution in [0.1, 0.15) is 31.4 Å². The predicted octanol–water partition coefficient (Wildman–Crippen LogP) is 4.30. The third kappa shape index (κ3) is 6.26. The summed E-state index contributed by atoms with van der Waals surface area (Å²) in [7, 11) is 1.50. The van der Waals surface area contributed by atoms with Crippen molar-refractivity contribution in [2.75, 3.05) is 19.4 Å². The lowest BCUT2D eigenvalue weighted by molar-refractivity contribution is 0.291. The molecular formula is C22H28ClN5O. The van der Waals surface area contributed by atoms with Gasteiger partial charge in [0, 0.05) is 59.2 Å².